The van der Waals surface area contributed by atoms with Crippen molar-refractivity contribution < 1.29 is 9.59 Å². The van der Waals surface area contributed by atoms with Crippen LogP contribution in [0.5, 0.6) is 0 Å². The van der Waals surface area contributed by atoms with Crippen LogP contribution in [0, 0.1) is 5.92 Å². The van der Waals surface area contributed by atoms with E-state index in [0.29, 0.717) is 36.4 Å². The molecule has 8 nitrogen and oxygen atoms in total. The quantitative estimate of drug-likeness (QED) is 0.213. The second-order valence-electron chi connectivity index (χ2n) is 8.47. The number of fused-ring (bicyclic) bond motifs is 2. The number of para-hydroxylation sites is 1. The number of Topliss-reactive ketones (excluding diaryl/α,β-unsaturated/α-hetero) is 1. The molecule has 166 valence electrons. The van der Waals surface area contributed by atoms with E-state index in [2.05, 4.69) is 20.6 Å². The van der Waals surface area contributed by atoms with Gasteiger partial charge in [0.25, 0.3) is 0 Å². The van der Waals surface area contributed by atoms with E-state index < -0.39 is 6.04 Å². The second-order valence-corrected chi connectivity index (χ2v) is 9.50. The van der Waals surface area contributed by atoms with Gasteiger partial charge in [-0.1, -0.05) is 25.0 Å². The highest BCUT2D eigenvalue weighted by atomic mass is 32.1. The van der Waals surface area contributed by atoms with Crippen molar-refractivity contribution in [2.24, 2.45) is 22.4 Å². The summed E-state index contributed by atoms with van der Waals surface area (Å²) in [5.41, 5.74) is 11.6. The Kier molecular flexibility index (Phi) is 6.82. The SMILES string of the molecule is NC(N)=NCCCC(NC(=O)C1CC2CCCCC2N1)C(=O)c1nc2ccccc2s1. The van der Waals surface area contributed by atoms with E-state index in [4.69, 9.17) is 11.5 Å². The highest BCUT2D eigenvalue weighted by Crippen LogP contribution is 2.33. The molecule has 6 N–H and O–H groups in total. The molecule has 9 heteroatoms. The number of nitrogens with zero attached hydrogens (tertiary/aromatic N) is 2. The summed E-state index contributed by atoms with van der Waals surface area (Å²) in [6.07, 6.45) is 6.63. The van der Waals surface area contributed by atoms with Crippen molar-refractivity contribution in [3.63, 3.8) is 0 Å². The Bertz CT molecular complexity index is 923. The van der Waals surface area contributed by atoms with E-state index >= 15 is 0 Å². The highest BCUT2D eigenvalue weighted by molar-refractivity contribution is 7.20. The van der Waals surface area contributed by atoms with Crippen molar-refractivity contribution in [2.45, 2.75) is 63.1 Å². The minimum absolute atomic E-state index is 0.0239. The van der Waals surface area contributed by atoms with Gasteiger partial charge in [0.2, 0.25) is 11.7 Å². The van der Waals surface area contributed by atoms with Crippen molar-refractivity contribution in [1.82, 2.24) is 15.6 Å². The van der Waals surface area contributed by atoms with E-state index in [1.54, 1.807) is 0 Å². The van der Waals surface area contributed by atoms with Gasteiger partial charge < -0.3 is 22.1 Å². The lowest BCUT2D eigenvalue weighted by Gasteiger charge is -2.24. The number of amides is 1. The van der Waals surface area contributed by atoms with E-state index in [9.17, 15) is 9.59 Å². The van der Waals surface area contributed by atoms with Crippen molar-refractivity contribution in [3.8, 4) is 0 Å². The maximum atomic E-state index is 13.3. The molecule has 2 fully saturated rings. The number of thiazole rings is 1. The summed E-state index contributed by atoms with van der Waals surface area (Å²) < 4.78 is 0.956. The monoisotopic (exact) mass is 442 g/mol. The molecule has 4 unspecified atom stereocenters. The van der Waals surface area contributed by atoms with Crippen LogP contribution in [0.25, 0.3) is 10.2 Å². The number of hydrogen-bond donors (Lipinski definition) is 4. The first kappa shape index (κ1) is 21.7. The summed E-state index contributed by atoms with van der Waals surface area (Å²) in [6, 6.07) is 7.19. The van der Waals surface area contributed by atoms with Gasteiger partial charge in [0, 0.05) is 12.6 Å². The molecular formula is C22H30N6O2S. The first-order valence-electron chi connectivity index (χ1n) is 11.0. The molecule has 1 aromatic carbocycles. The van der Waals surface area contributed by atoms with Crippen molar-refractivity contribution in [1.29, 1.82) is 0 Å². The molecule has 1 aliphatic heterocycles. The van der Waals surface area contributed by atoms with Crippen LogP contribution >= 0.6 is 11.3 Å². The lowest BCUT2D eigenvalue weighted by molar-refractivity contribution is -0.123. The zero-order valence-electron chi connectivity index (χ0n) is 17.5. The number of hydrogen-bond acceptors (Lipinski definition) is 6. The van der Waals surface area contributed by atoms with Gasteiger partial charge in [-0.15, -0.1) is 11.3 Å². The third-order valence-electron chi connectivity index (χ3n) is 6.26. The van der Waals surface area contributed by atoms with Gasteiger partial charge in [0.15, 0.2) is 11.0 Å². The molecule has 4 atom stereocenters. The summed E-state index contributed by atoms with van der Waals surface area (Å²) in [4.78, 5) is 34.8. The number of carbonyl (C=O) groups is 2. The number of aliphatic imine (C=N–C) groups is 1. The van der Waals surface area contributed by atoms with E-state index in [1.165, 1.54) is 30.6 Å². The number of guanidine groups is 1. The molecule has 2 heterocycles. The van der Waals surface area contributed by atoms with Crippen LogP contribution in [0.2, 0.25) is 0 Å². The average molecular weight is 443 g/mol. The number of nitrogens with one attached hydrogen (secondary N) is 2. The molecule has 0 spiro atoms. The lowest BCUT2D eigenvalue weighted by Crippen LogP contribution is -2.49. The van der Waals surface area contributed by atoms with Gasteiger partial charge in [-0.3, -0.25) is 14.6 Å². The van der Waals surface area contributed by atoms with Crippen molar-refractivity contribution in [2.75, 3.05) is 6.54 Å². The predicted molar refractivity (Wildman–Crippen MR) is 123 cm³/mol. The molecule has 31 heavy (non-hydrogen) atoms. The fourth-order valence-electron chi connectivity index (χ4n) is 4.69. The van der Waals surface area contributed by atoms with Crippen LogP contribution in [0.4, 0.5) is 0 Å². The smallest absolute Gasteiger partial charge is 0.237 e. The third-order valence-corrected chi connectivity index (χ3v) is 7.31. The summed E-state index contributed by atoms with van der Waals surface area (Å²) in [7, 11) is 0. The van der Waals surface area contributed by atoms with E-state index in [0.717, 1.165) is 23.1 Å². The van der Waals surface area contributed by atoms with E-state index in [1.807, 2.05) is 24.3 Å². The molecule has 1 aliphatic carbocycles. The van der Waals surface area contributed by atoms with Crippen LogP contribution < -0.4 is 22.1 Å². The van der Waals surface area contributed by atoms with Gasteiger partial charge in [-0.05, 0) is 50.2 Å². The Labute approximate surface area is 185 Å². The number of ketones is 1. The Morgan fingerprint density at radius 1 is 1.26 bits per heavy atom. The maximum absolute atomic E-state index is 13.3. The zero-order chi connectivity index (χ0) is 21.8. The summed E-state index contributed by atoms with van der Waals surface area (Å²) in [5, 5.41) is 6.91. The van der Waals surface area contributed by atoms with Crippen molar-refractivity contribution >= 4 is 39.2 Å². The van der Waals surface area contributed by atoms with Crippen molar-refractivity contribution in [3.05, 3.63) is 29.3 Å². The van der Waals surface area contributed by atoms with Crippen LogP contribution in [-0.2, 0) is 4.79 Å². The molecule has 2 aromatic rings. The van der Waals surface area contributed by atoms with E-state index in [-0.39, 0.29) is 23.7 Å². The van der Waals surface area contributed by atoms with Crippen LogP contribution in [0.3, 0.4) is 0 Å². The molecule has 2 aliphatic rings. The number of aromatic nitrogens is 1. The van der Waals surface area contributed by atoms with Gasteiger partial charge >= 0.3 is 0 Å². The molecule has 1 saturated heterocycles. The fraction of sp³-hybridized carbons (Fsp3) is 0.545. The minimum atomic E-state index is -0.647. The Balaban J connectivity index is 1.46. The largest absolute Gasteiger partial charge is 0.370 e. The van der Waals surface area contributed by atoms with Gasteiger partial charge in [-0.25, -0.2) is 4.98 Å². The van der Waals surface area contributed by atoms with Gasteiger partial charge in [0.05, 0.1) is 22.3 Å². The Hall–Kier alpha value is -2.52. The first-order chi connectivity index (χ1) is 15.0. The van der Waals surface area contributed by atoms with Crippen LogP contribution in [0.15, 0.2) is 29.3 Å². The standard InChI is InChI=1S/C22H30N6O2S/c23-22(24)25-11-5-9-16(19(29)21-28-15-8-3-4-10-18(15)31-21)27-20(30)17-12-13-6-1-2-7-14(13)26-17/h3-4,8,10,13-14,16-17,26H,1-2,5-7,9,11-12H2,(H,27,30)(H4,23,24,25). The molecule has 1 amide bonds. The Morgan fingerprint density at radius 3 is 2.84 bits per heavy atom. The molecule has 1 saturated carbocycles. The molecule has 4 rings (SSSR count). The second kappa shape index (κ2) is 9.74. The molecule has 0 radical (unpaired) electrons. The van der Waals surface area contributed by atoms with Crippen LogP contribution in [-0.4, -0.2) is 47.3 Å². The molecular weight excluding hydrogens is 412 g/mol. The first-order valence-corrected chi connectivity index (χ1v) is 11.8. The lowest BCUT2D eigenvalue weighted by atomic mass is 9.85. The molecule has 0 bridgehead atoms. The van der Waals surface area contributed by atoms with Gasteiger partial charge in [-0.2, -0.15) is 0 Å². The number of carbonyl (C=O) groups excluding carboxylic acids is 2. The molecule has 1 aromatic heterocycles. The third kappa shape index (κ3) is 5.22. The fourth-order valence-corrected chi connectivity index (χ4v) is 5.65. The average Bonchev–Trinajstić information content (AvgIpc) is 3.39. The normalized spacial score (nSPS) is 23.8. The zero-order valence-corrected chi connectivity index (χ0v) is 18.4. The topological polar surface area (TPSA) is 135 Å². The summed E-state index contributed by atoms with van der Waals surface area (Å²) >= 11 is 1.36. The van der Waals surface area contributed by atoms with Gasteiger partial charge in [0.1, 0.15) is 0 Å². The number of benzene rings is 1. The minimum Gasteiger partial charge on any atom is -0.370 e. The Morgan fingerprint density at radius 2 is 2.06 bits per heavy atom. The van der Waals surface area contributed by atoms with Crippen LogP contribution in [0.1, 0.15) is 54.7 Å². The number of rotatable bonds is 8. The predicted octanol–water partition coefficient (Wildman–Crippen LogP) is 1.94. The summed E-state index contributed by atoms with van der Waals surface area (Å²) in [5.74, 6) is 0.325. The number of nitrogens with two attached hydrogens (primary N) is 2. The maximum Gasteiger partial charge on any atom is 0.237 e. The highest BCUT2D eigenvalue weighted by Gasteiger charge is 2.39. The summed E-state index contributed by atoms with van der Waals surface area (Å²) in [6.45, 7) is 0.410.